The van der Waals surface area contributed by atoms with Gasteiger partial charge in [0.15, 0.2) is 0 Å². The van der Waals surface area contributed by atoms with Gasteiger partial charge >= 0.3 is 6.09 Å². The van der Waals surface area contributed by atoms with E-state index in [1.54, 1.807) is 41.4 Å². The van der Waals surface area contributed by atoms with Gasteiger partial charge in [-0.1, -0.05) is 25.4 Å². The predicted octanol–water partition coefficient (Wildman–Crippen LogP) is 3.56. The summed E-state index contributed by atoms with van der Waals surface area (Å²) in [5.41, 5.74) is 1.04. The lowest BCUT2D eigenvalue weighted by atomic mass is 10.0. The highest BCUT2D eigenvalue weighted by Crippen LogP contribution is 2.26. The number of carbonyl (C=O) groups is 1. The molecule has 1 aromatic carbocycles. The quantitative estimate of drug-likeness (QED) is 0.663. The van der Waals surface area contributed by atoms with Gasteiger partial charge in [-0.25, -0.2) is 9.78 Å². The van der Waals surface area contributed by atoms with Gasteiger partial charge in [0.1, 0.15) is 12.4 Å². The first-order valence-corrected chi connectivity index (χ1v) is 9.64. The number of nitrogens with one attached hydrogen (secondary N) is 2. The Bertz CT molecular complexity index is 1130. The molecule has 1 fully saturated rings. The second-order valence-corrected chi connectivity index (χ2v) is 7.64. The first-order chi connectivity index (χ1) is 13.9. The highest BCUT2D eigenvalue weighted by molar-refractivity contribution is 6.31. The highest BCUT2D eigenvalue weighted by atomic mass is 35.5. The van der Waals surface area contributed by atoms with Crippen LogP contribution in [-0.2, 0) is 11.3 Å². The Morgan fingerprint density at radius 1 is 1.31 bits per heavy atom. The molecule has 2 aromatic heterocycles. The normalized spacial score (nSPS) is 16.5. The number of aromatic nitrogens is 3. The van der Waals surface area contributed by atoms with Crippen LogP contribution in [0.15, 0.2) is 41.3 Å². The van der Waals surface area contributed by atoms with E-state index in [0.29, 0.717) is 34.5 Å². The molecule has 0 aliphatic carbocycles. The standard InChI is InChI=1S/C20H20ClN5O3/c1-11(2)16-10-29-20(28)26(16)17-5-6-22-19(25-17)23-9-13-7-12-8-14(21)3-4-15(12)24-18(13)27/h3-8,11,16H,9-10H2,1-2H3,(H,24,27)(H,22,23,25). The lowest BCUT2D eigenvalue weighted by Gasteiger charge is -2.23. The van der Waals surface area contributed by atoms with Crippen molar-refractivity contribution in [3.63, 3.8) is 0 Å². The van der Waals surface area contributed by atoms with Crippen LogP contribution >= 0.6 is 11.6 Å². The van der Waals surface area contributed by atoms with Crippen molar-refractivity contribution in [2.24, 2.45) is 5.92 Å². The molecule has 3 heterocycles. The third kappa shape index (κ3) is 3.88. The van der Waals surface area contributed by atoms with Crippen molar-refractivity contribution >= 4 is 40.4 Å². The lowest BCUT2D eigenvalue weighted by molar-refractivity contribution is 0.177. The number of H-pyrrole nitrogens is 1. The number of hydrogen-bond donors (Lipinski definition) is 2. The molecular formula is C20H20ClN5O3. The number of ether oxygens (including phenoxy) is 1. The van der Waals surface area contributed by atoms with Crippen LogP contribution in [0.2, 0.25) is 5.02 Å². The van der Waals surface area contributed by atoms with Crippen LogP contribution in [-0.4, -0.2) is 33.7 Å². The number of carbonyl (C=O) groups excluding carboxylic acids is 1. The number of amides is 1. The molecule has 1 amide bonds. The predicted molar refractivity (Wildman–Crippen MR) is 111 cm³/mol. The molecule has 29 heavy (non-hydrogen) atoms. The van der Waals surface area contributed by atoms with Crippen LogP contribution in [0.25, 0.3) is 10.9 Å². The summed E-state index contributed by atoms with van der Waals surface area (Å²) in [6.45, 7) is 4.61. The maximum Gasteiger partial charge on any atom is 0.415 e. The Hall–Kier alpha value is -3.13. The molecular weight excluding hydrogens is 394 g/mol. The molecule has 0 radical (unpaired) electrons. The molecule has 1 saturated heterocycles. The van der Waals surface area contributed by atoms with Crippen molar-refractivity contribution in [1.82, 2.24) is 15.0 Å². The molecule has 0 saturated carbocycles. The van der Waals surface area contributed by atoms with E-state index in [-0.39, 0.29) is 24.1 Å². The van der Waals surface area contributed by atoms with E-state index >= 15 is 0 Å². The third-order valence-electron chi connectivity index (χ3n) is 4.88. The van der Waals surface area contributed by atoms with Gasteiger partial charge in [-0.2, -0.15) is 4.98 Å². The Balaban J connectivity index is 1.56. The number of anilines is 2. The topological polar surface area (TPSA) is 100 Å². The van der Waals surface area contributed by atoms with Gasteiger partial charge in [0.2, 0.25) is 5.95 Å². The number of fused-ring (bicyclic) bond motifs is 1. The summed E-state index contributed by atoms with van der Waals surface area (Å²) in [5, 5.41) is 4.48. The van der Waals surface area contributed by atoms with Crippen molar-refractivity contribution < 1.29 is 9.53 Å². The van der Waals surface area contributed by atoms with Crippen LogP contribution in [0.1, 0.15) is 19.4 Å². The highest BCUT2D eigenvalue weighted by Gasteiger charge is 2.37. The zero-order valence-electron chi connectivity index (χ0n) is 16.0. The molecule has 1 aliphatic heterocycles. The zero-order valence-corrected chi connectivity index (χ0v) is 16.7. The van der Waals surface area contributed by atoms with Crippen molar-refractivity contribution in [1.29, 1.82) is 0 Å². The fraction of sp³-hybridized carbons (Fsp3) is 0.300. The minimum Gasteiger partial charge on any atom is -0.447 e. The summed E-state index contributed by atoms with van der Waals surface area (Å²) < 4.78 is 5.18. The van der Waals surface area contributed by atoms with Crippen LogP contribution in [0.5, 0.6) is 0 Å². The maximum absolute atomic E-state index is 12.3. The molecule has 3 aromatic rings. The zero-order chi connectivity index (χ0) is 20.5. The van der Waals surface area contributed by atoms with Gasteiger partial charge in [-0.3, -0.25) is 9.69 Å². The fourth-order valence-electron chi connectivity index (χ4n) is 3.29. The third-order valence-corrected chi connectivity index (χ3v) is 5.12. The minimum absolute atomic E-state index is 0.0849. The smallest absolute Gasteiger partial charge is 0.415 e. The first kappa shape index (κ1) is 19.2. The molecule has 8 nitrogen and oxygen atoms in total. The molecule has 1 unspecified atom stereocenters. The Morgan fingerprint density at radius 3 is 2.93 bits per heavy atom. The van der Waals surface area contributed by atoms with Gasteiger partial charge in [0, 0.05) is 34.2 Å². The number of rotatable bonds is 5. The average Bonchev–Trinajstić information content (AvgIpc) is 3.09. The number of pyridine rings is 1. The SMILES string of the molecule is CC(C)C1COC(=O)N1c1ccnc(NCc2cc3cc(Cl)ccc3[nH]c2=O)n1. The first-order valence-electron chi connectivity index (χ1n) is 9.27. The van der Waals surface area contributed by atoms with Gasteiger partial charge in [0.25, 0.3) is 5.56 Å². The molecule has 1 aliphatic rings. The molecule has 0 spiro atoms. The van der Waals surface area contributed by atoms with Gasteiger partial charge in [0.05, 0.1) is 6.04 Å². The maximum atomic E-state index is 12.3. The fourth-order valence-corrected chi connectivity index (χ4v) is 3.47. The summed E-state index contributed by atoms with van der Waals surface area (Å²) in [6, 6.07) is 8.65. The Morgan fingerprint density at radius 2 is 2.14 bits per heavy atom. The van der Waals surface area contributed by atoms with Crippen molar-refractivity contribution in [2.75, 3.05) is 16.8 Å². The van der Waals surface area contributed by atoms with Crippen LogP contribution in [0, 0.1) is 5.92 Å². The van der Waals surface area contributed by atoms with Gasteiger partial charge in [-0.15, -0.1) is 0 Å². The summed E-state index contributed by atoms with van der Waals surface area (Å²) in [6.07, 6.45) is 1.15. The molecule has 4 rings (SSSR count). The van der Waals surface area contributed by atoms with E-state index in [9.17, 15) is 9.59 Å². The summed E-state index contributed by atoms with van der Waals surface area (Å²) in [4.78, 5) is 37.5. The summed E-state index contributed by atoms with van der Waals surface area (Å²) in [7, 11) is 0. The van der Waals surface area contributed by atoms with Gasteiger partial charge in [-0.05, 0) is 36.2 Å². The number of aromatic amines is 1. The number of halogens is 1. The van der Waals surface area contributed by atoms with E-state index in [2.05, 4.69) is 20.3 Å². The van der Waals surface area contributed by atoms with E-state index in [1.807, 2.05) is 13.8 Å². The number of nitrogens with zero attached hydrogens (tertiary/aromatic N) is 3. The number of hydrogen-bond acceptors (Lipinski definition) is 6. The Kier molecular flexibility index (Phi) is 5.10. The van der Waals surface area contributed by atoms with E-state index in [1.165, 1.54) is 0 Å². The van der Waals surface area contributed by atoms with Gasteiger partial charge < -0.3 is 15.0 Å². The largest absolute Gasteiger partial charge is 0.447 e. The number of benzene rings is 1. The molecule has 150 valence electrons. The van der Waals surface area contributed by atoms with Crippen LogP contribution in [0.3, 0.4) is 0 Å². The van der Waals surface area contributed by atoms with Crippen LogP contribution < -0.4 is 15.8 Å². The summed E-state index contributed by atoms with van der Waals surface area (Å²) in [5.74, 6) is 0.994. The second-order valence-electron chi connectivity index (χ2n) is 7.21. The molecule has 9 heteroatoms. The summed E-state index contributed by atoms with van der Waals surface area (Å²) >= 11 is 6.04. The Labute approximate surface area is 171 Å². The van der Waals surface area contributed by atoms with Crippen molar-refractivity contribution in [3.05, 3.63) is 57.5 Å². The average molecular weight is 414 g/mol. The lowest BCUT2D eigenvalue weighted by Crippen LogP contribution is -2.37. The molecule has 2 N–H and O–H groups in total. The minimum atomic E-state index is -0.420. The van der Waals surface area contributed by atoms with Crippen molar-refractivity contribution in [3.8, 4) is 0 Å². The van der Waals surface area contributed by atoms with E-state index in [0.717, 1.165) is 5.39 Å². The van der Waals surface area contributed by atoms with E-state index in [4.69, 9.17) is 16.3 Å². The molecule has 0 bridgehead atoms. The van der Waals surface area contributed by atoms with Crippen molar-refractivity contribution in [2.45, 2.75) is 26.4 Å². The molecule has 1 atom stereocenters. The second kappa shape index (κ2) is 7.71. The van der Waals surface area contributed by atoms with Crippen LogP contribution in [0.4, 0.5) is 16.6 Å². The monoisotopic (exact) mass is 413 g/mol. The van der Waals surface area contributed by atoms with E-state index < -0.39 is 6.09 Å². The number of cyclic esters (lactones) is 1.